The summed E-state index contributed by atoms with van der Waals surface area (Å²) in [5.41, 5.74) is 2.88. The van der Waals surface area contributed by atoms with Crippen molar-refractivity contribution in [2.45, 2.75) is 13.0 Å². The minimum absolute atomic E-state index is 0.118. The van der Waals surface area contributed by atoms with Crippen LogP contribution in [0.1, 0.15) is 21.7 Å². The quantitative estimate of drug-likeness (QED) is 0.727. The van der Waals surface area contributed by atoms with E-state index in [1.165, 1.54) is 12.1 Å². The van der Waals surface area contributed by atoms with Gasteiger partial charge in [-0.1, -0.05) is 11.2 Å². The molecule has 1 amide bonds. The van der Waals surface area contributed by atoms with E-state index >= 15 is 0 Å². The van der Waals surface area contributed by atoms with E-state index < -0.39 is 0 Å². The number of benzene rings is 1. The Bertz CT molecular complexity index is 875. The molecular weight excluding hydrogens is 309 g/mol. The smallest absolute Gasteiger partial charge is 0.272 e. The monoisotopic (exact) mass is 323 g/mol. The van der Waals surface area contributed by atoms with Gasteiger partial charge in [-0.25, -0.2) is 4.39 Å². The van der Waals surface area contributed by atoms with E-state index in [4.69, 9.17) is 4.52 Å². The van der Waals surface area contributed by atoms with E-state index in [2.05, 4.69) is 10.1 Å². The highest BCUT2D eigenvalue weighted by atomic mass is 19.1. The molecule has 0 atom stereocenters. The minimum atomic E-state index is -0.306. The van der Waals surface area contributed by atoms with Gasteiger partial charge in [-0.05, 0) is 36.4 Å². The van der Waals surface area contributed by atoms with Crippen LogP contribution in [0.3, 0.4) is 0 Å². The molecule has 0 aliphatic carbocycles. The first-order valence-corrected chi connectivity index (χ1v) is 7.66. The Hall–Kier alpha value is -3.02. The van der Waals surface area contributed by atoms with Crippen LogP contribution in [-0.4, -0.2) is 27.5 Å². The lowest BCUT2D eigenvalue weighted by molar-refractivity contribution is 0.0728. The van der Waals surface area contributed by atoms with E-state index in [0.29, 0.717) is 31.0 Å². The highest BCUT2D eigenvalue weighted by Crippen LogP contribution is 2.31. The van der Waals surface area contributed by atoms with Crippen LogP contribution in [0, 0.1) is 5.82 Å². The largest absolute Gasteiger partial charge is 0.356 e. The maximum Gasteiger partial charge on any atom is 0.272 e. The third-order valence-corrected chi connectivity index (χ3v) is 4.11. The Morgan fingerprint density at radius 3 is 2.75 bits per heavy atom. The Morgan fingerprint density at radius 1 is 1.17 bits per heavy atom. The highest BCUT2D eigenvalue weighted by Gasteiger charge is 2.28. The zero-order valence-corrected chi connectivity index (χ0v) is 12.8. The van der Waals surface area contributed by atoms with Gasteiger partial charge >= 0.3 is 0 Å². The maximum absolute atomic E-state index is 13.1. The van der Waals surface area contributed by atoms with Crippen LogP contribution in [0.5, 0.6) is 0 Å². The van der Waals surface area contributed by atoms with Crippen molar-refractivity contribution in [3.63, 3.8) is 0 Å². The van der Waals surface area contributed by atoms with Crippen molar-refractivity contribution in [2.24, 2.45) is 0 Å². The van der Waals surface area contributed by atoms with E-state index in [0.717, 1.165) is 16.8 Å². The fourth-order valence-electron chi connectivity index (χ4n) is 2.87. The molecule has 2 aromatic heterocycles. The number of hydrogen-bond acceptors (Lipinski definition) is 4. The van der Waals surface area contributed by atoms with Gasteiger partial charge in [0.25, 0.3) is 5.91 Å². The van der Waals surface area contributed by atoms with Crippen LogP contribution in [0.4, 0.5) is 4.39 Å². The standard InChI is InChI=1S/C18H14FN3O2/c19-13-6-4-12(5-7-13)17-14-11-22(10-8-15(14)21-24-17)18(23)16-3-1-2-9-20-16/h1-7,9H,8,10-11H2. The van der Waals surface area contributed by atoms with Crippen LogP contribution in [-0.2, 0) is 13.0 Å². The van der Waals surface area contributed by atoms with Crippen LogP contribution < -0.4 is 0 Å². The summed E-state index contributed by atoms with van der Waals surface area (Å²) in [5, 5.41) is 4.10. The first-order chi connectivity index (χ1) is 11.7. The van der Waals surface area contributed by atoms with E-state index in [1.807, 2.05) is 0 Å². The van der Waals surface area contributed by atoms with E-state index in [1.54, 1.807) is 41.4 Å². The lowest BCUT2D eigenvalue weighted by atomic mass is 10.0. The molecule has 24 heavy (non-hydrogen) atoms. The SMILES string of the molecule is O=C(c1ccccn1)N1CCc2noc(-c3ccc(F)cc3)c2C1. The zero-order valence-electron chi connectivity index (χ0n) is 12.8. The molecule has 1 aromatic carbocycles. The molecule has 6 heteroatoms. The number of rotatable bonds is 2. The van der Waals surface area contributed by atoms with E-state index in [9.17, 15) is 9.18 Å². The average molecular weight is 323 g/mol. The highest BCUT2D eigenvalue weighted by molar-refractivity contribution is 5.92. The van der Waals surface area contributed by atoms with Crippen molar-refractivity contribution < 1.29 is 13.7 Å². The molecule has 3 heterocycles. The zero-order chi connectivity index (χ0) is 16.5. The summed E-state index contributed by atoms with van der Waals surface area (Å²) in [7, 11) is 0. The number of fused-ring (bicyclic) bond motifs is 1. The van der Waals surface area contributed by atoms with Crippen molar-refractivity contribution in [1.82, 2.24) is 15.0 Å². The second kappa shape index (κ2) is 5.88. The summed E-state index contributed by atoms with van der Waals surface area (Å²) in [6, 6.07) is 11.3. The minimum Gasteiger partial charge on any atom is -0.356 e. The molecule has 1 aliphatic rings. The molecule has 3 aromatic rings. The van der Waals surface area contributed by atoms with Gasteiger partial charge in [0.2, 0.25) is 0 Å². The van der Waals surface area contributed by atoms with Crippen molar-refractivity contribution in [1.29, 1.82) is 0 Å². The molecule has 5 nitrogen and oxygen atoms in total. The number of nitrogens with zero attached hydrogens (tertiary/aromatic N) is 3. The maximum atomic E-state index is 13.1. The number of pyridine rings is 1. The first-order valence-electron chi connectivity index (χ1n) is 7.66. The van der Waals surface area contributed by atoms with Crippen molar-refractivity contribution in [3.8, 4) is 11.3 Å². The third-order valence-electron chi connectivity index (χ3n) is 4.11. The molecule has 0 saturated carbocycles. The average Bonchev–Trinajstić information content (AvgIpc) is 3.05. The van der Waals surface area contributed by atoms with Gasteiger partial charge in [0, 0.05) is 30.3 Å². The molecule has 0 bridgehead atoms. The number of carbonyl (C=O) groups excluding carboxylic acids is 1. The molecule has 0 unspecified atom stereocenters. The predicted molar refractivity (Wildman–Crippen MR) is 84.6 cm³/mol. The van der Waals surface area contributed by atoms with Crippen molar-refractivity contribution >= 4 is 5.91 Å². The molecule has 0 spiro atoms. The predicted octanol–water partition coefficient (Wildman–Crippen LogP) is 3.07. The second-order valence-corrected chi connectivity index (χ2v) is 5.64. The van der Waals surface area contributed by atoms with Gasteiger partial charge in [0.05, 0.1) is 12.2 Å². The van der Waals surface area contributed by atoms with Crippen LogP contribution in [0.25, 0.3) is 11.3 Å². The Balaban J connectivity index is 1.64. The molecule has 0 radical (unpaired) electrons. The lowest BCUT2D eigenvalue weighted by Crippen LogP contribution is -2.36. The molecule has 1 aliphatic heterocycles. The Labute approximate surface area is 137 Å². The summed E-state index contributed by atoms with van der Waals surface area (Å²) in [6.07, 6.45) is 2.23. The fourth-order valence-corrected chi connectivity index (χ4v) is 2.87. The first kappa shape index (κ1) is 14.6. The molecule has 0 N–H and O–H groups in total. The van der Waals surface area contributed by atoms with Crippen molar-refractivity contribution in [3.05, 3.63) is 71.4 Å². The number of amides is 1. The fraction of sp³-hybridized carbons (Fsp3) is 0.167. The van der Waals surface area contributed by atoms with Gasteiger partial charge < -0.3 is 9.42 Å². The summed E-state index contributed by atoms with van der Waals surface area (Å²) in [5.74, 6) is 0.162. The van der Waals surface area contributed by atoms with Crippen LogP contribution >= 0.6 is 0 Å². The van der Waals surface area contributed by atoms with Gasteiger partial charge in [0.15, 0.2) is 5.76 Å². The normalized spacial score (nSPS) is 13.6. The Morgan fingerprint density at radius 2 is 2.00 bits per heavy atom. The van der Waals surface area contributed by atoms with Crippen molar-refractivity contribution in [2.75, 3.05) is 6.54 Å². The summed E-state index contributed by atoms with van der Waals surface area (Å²) in [4.78, 5) is 18.4. The number of carbonyl (C=O) groups is 1. The third kappa shape index (κ3) is 2.56. The molecule has 0 saturated heterocycles. The number of hydrogen-bond donors (Lipinski definition) is 0. The summed E-state index contributed by atoms with van der Waals surface area (Å²) >= 11 is 0. The Kier molecular flexibility index (Phi) is 3.57. The second-order valence-electron chi connectivity index (χ2n) is 5.64. The summed E-state index contributed by atoms with van der Waals surface area (Å²) in [6.45, 7) is 0.971. The van der Waals surface area contributed by atoms with E-state index in [-0.39, 0.29) is 11.7 Å². The van der Waals surface area contributed by atoms with Crippen LogP contribution in [0.2, 0.25) is 0 Å². The molecule has 0 fully saturated rings. The molecule has 120 valence electrons. The topological polar surface area (TPSA) is 59.2 Å². The van der Waals surface area contributed by atoms with Crippen LogP contribution in [0.15, 0.2) is 53.2 Å². The number of aromatic nitrogens is 2. The summed E-state index contributed by atoms with van der Waals surface area (Å²) < 4.78 is 18.6. The van der Waals surface area contributed by atoms with Gasteiger partial charge in [-0.3, -0.25) is 9.78 Å². The molecular formula is C18H14FN3O2. The van der Waals surface area contributed by atoms with Gasteiger partial charge in [-0.15, -0.1) is 0 Å². The van der Waals surface area contributed by atoms with Gasteiger partial charge in [-0.2, -0.15) is 0 Å². The van der Waals surface area contributed by atoms with Gasteiger partial charge in [0.1, 0.15) is 11.5 Å². The molecule has 4 rings (SSSR count). The lowest BCUT2D eigenvalue weighted by Gasteiger charge is -2.26. The number of halogens is 1.